The average Bonchev–Trinajstić information content (AvgIpc) is 3.41. The Labute approximate surface area is 178 Å². The molecule has 1 aliphatic rings. The number of nitrogens with zero attached hydrogens (tertiary/aromatic N) is 2. The van der Waals surface area contributed by atoms with Crippen molar-refractivity contribution < 1.29 is 13.2 Å². The fourth-order valence-corrected chi connectivity index (χ4v) is 5.67. The maximum Gasteiger partial charge on any atom is 0.257 e. The Morgan fingerprint density at radius 1 is 1.10 bits per heavy atom. The zero-order valence-electron chi connectivity index (χ0n) is 15.3. The number of hydrogen-bond acceptors (Lipinski definition) is 5. The number of rotatable bonds is 5. The number of sulfonamides is 1. The van der Waals surface area contributed by atoms with Crippen molar-refractivity contribution in [2.24, 2.45) is 0 Å². The van der Waals surface area contributed by atoms with Gasteiger partial charge in [-0.15, -0.1) is 11.3 Å². The monoisotopic (exact) mass is 447 g/mol. The number of aromatic nitrogens is 1. The molecule has 1 amide bonds. The summed E-state index contributed by atoms with van der Waals surface area (Å²) >= 11 is 7.48. The summed E-state index contributed by atoms with van der Waals surface area (Å²) in [7, 11) is -3.58. The van der Waals surface area contributed by atoms with E-state index in [9.17, 15) is 13.2 Å². The lowest BCUT2D eigenvalue weighted by molar-refractivity contribution is 0.102. The maximum absolute atomic E-state index is 12.7. The van der Waals surface area contributed by atoms with E-state index < -0.39 is 15.9 Å². The molecule has 1 aliphatic heterocycles. The van der Waals surface area contributed by atoms with Crippen LogP contribution in [0.5, 0.6) is 0 Å². The fraction of sp³-hybridized carbons (Fsp3) is 0.200. The molecule has 0 spiro atoms. The molecule has 0 aliphatic carbocycles. The van der Waals surface area contributed by atoms with Gasteiger partial charge in [-0.05, 0) is 37.1 Å². The second-order valence-corrected chi connectivity index (χ2v) is 9.81. The third-order valence-corrected chi connectivity index (χ3v) is 7.66. The molecule has 1 fully saturated rings. The van der Waals surface area contributed by atoms with Crippen molar-refractivity contribution in [3.05, 3.63) is 64.5 Å². The number of amides is 1. The molecule has 0 unspecified atom stereocenters. The lowest BCUT2D eigenvalue weighted by atomic mass is 10.2. The van der Waals surface area contributed by atoms with Crippen LogP contribution in [0.3, 0.4) is 0 Å². The second-order valence-electron chi connectivity index (χ2n) is 6.61. The van der Waals surface area contributed by atoms with Crippen molar-refractivity contribution >= 4 is 44.0 Å². The first-order chi connectivity index (χ1) is 13.9. The maximum atomic E-state index is 12.7. The molecule has 6 nitrogen and oxygen atoms in total. The molecule has 0 saturated carbocycles. The SMILES string of the molecule is O=C(Nc1nc(-c2ccccc2Cl)cs1)c1cccc(S(=O)(=O)N2CCCC2)c1. The van der Waals surface area contributed by atoms with E-state index >= 15 is 0 Å². The summed E-state index contributed by atoms with van der Waals surface area (Å²) in [5.41, 5.74) is 1.71. The van der Waals surface area contributed by atoms with Crippen LogP contribution < -0.4 is 5.32 Å². The summed E-state index contributed by atoms with van der Waals surface area (Å²) in [5.74, 6) is -0.413. The zero-order valence-corrected chi connectivity index (χ0v) is 17.7. The summed E-state index contributed by atoms with van der Waals surface area (Å²) in [4.78, 5) is 17.2. The van der Waals surface area contributed by atoms with Gasteiger partial charge in [-0.1, -0.05) is 35.9 Å². The number of halogens is 1. The molecule has 29 heavy (non-hydrogen) atoms. The summed E-state index contributed by atoms with van der Waals surface area (Å²) in [6, 6.07) is 13.4. The first-order valence-corrected chi connectivity index (χ1v) is 11.8. The molecular weight excluding hydrogens is 430 g/mol. The van der Waals surface area contributed by atoms with Crippen molar-refractivity contribution in [3.63, 3.8) is 0 Å². The molecule has 0 radical (unpaired) electrons. The lowest BCUT2D eigenvalue weighted by Crippen LogP contribution is -2.28. The predicted octanol–water partition coefficient (Wildman–Crippen LogP) is 4.50. The Balaban J connectivity index is 1.53. The van der Waals surface area contributed by atoms with E-state index in [0.29, 0.717) is 28.9 Å². The van der Waals surface area contributed by atoms with Gasteiger partial charge in [0.1, 0.15) is 0 Å². The molecule has 3 aromatic rings. The minimum atomic E-state index is -3.58. The van der Waals surface area contributed by atoms with Crippen LogP contribution in [0.1, 0.15) is 23.2 Å². The number of carbonyl (C=O) groups excluding carboxylic acids is 1. The number of nitrogens with one attached hydrogen (secondary N) is 1. The topological polar surface area (TPSA) is 79.4 Å². The van der Waals surface area contributed by atoms with Crippen molar-refractivity contribution in [2.45, 2.75) is 17.7 Å². The number of anilines is 1. The molecule has 1 saturated heterocycles. The van der Waals surface area contributed by atoms with Gasteiger partial charge in [-0.2, -0.15) is 4.31 Å². The van der Waals surface area contributed by atoms with E-state index in [4.69, 9.17) is 11.6 Å². The molecule has 2 aromatic carbocycles. The van der Waals surface area contributed by atoms with Crippen LogP contribution in [0, 0.1) is 0 Å². The highest BCUT2D eigenvalue weighted by atomic mass is 35.5. The highest BCUT2D eigenvalue weighted by molar-refractivity contribution is 7.89. The lowest BCUT2D eigenvalue weighted by Gasteiger charge is -2.15. The molecule has 9 heteroatoms. The summed E-state index contributed by atoms with van der Waals surface area (Å²) in [6.45, 7) is 1.03. The van der Waals surface area contributed by atoms with Gasteiger partial charge in [-0.3, -0.25) is 10.1 Å². The van der Waals surface area contributed by atoms with Crippen LogP contribution in [0.25, 0.3) is 11.3 Å². The van der Waals surface area contributed by atoms with E-state index in [1.807, 2.05) is 23.6 Å². The smallest absolute Gasteiger partial charge is 0.257 e. The van der Waals surface area contributed by atoms with Gasteiger partial charge in [0.25, 0.3) is 5.91 Å². The van der Waals surface area contributed by atoms with Crippen LogP contribution >= 0.6 is 22.9 Å². The van der Waals surface area contributed by atoms with Gasteiger partial charge < -0.3 is 0 Å². The Kier molecular flexibility index (Phi) is 5.69. The quantitative estimate of drug-likeness (QED) is 0.624. The number of carbonyl (C=O) groups is 1. The highest BCUT2D eigenvalue weighted by Crippen LogP contribution is 2.30. The van der Waals surface area contributed by atoms with E-state index in [1.54, 1.807) is 18.2 Å². The third-order valence-electron chi connectivity index (χ3n) is 4.67. The van der Waals surface area contributed by atoms with Gasteiger partial charge in [0.05, 0.1) is 10.6 Å². The summed E-state index contributed by atoms with van der Waals surface area (Å²) in [5, 5.41) is 5.54. The van der Waals surface area contributed by atoms with E-state index in [0.717, 1.165) is 18.4 Å². The summed E-state index contributed by atoms with van der Waals surface area (Å²) in [6.07, 6.45) is 1.72. The van der Waals surface area contributed by atoms with Gasteiger partial charge in [0.15, 0.2) is 5.13 Å². The van der Waals surface area contributed by atoms with Crippen molar-refractivity contribution in [1.82, 2.24) is 9.29 Å². The minimum Gasteiger partial charge on any atom is -0.298 e. The van der Waals surface area contributed by atoms with Crippen LogP contribution in [-0.2, 0) is 10.0 Å². The van der Waals surface area contributed by atoms with Crippen LogP contribution in [0.4, 0.5) is 5.13 Å². The number of hydrogen-bond donors (Lipinski definition) is 1. The van der Waals surface area contributed by atoms with Crippen molar-refractivity contribution in [3.8, 4) is 11.3 Å². The Bertz CT molecular complexity index is 1160. The average molecular weight is 448 g/mol. The van der Waals surface area contributed by atoms with E-state index in [1.165, 1.54) is 27.8 Å². The van der Waals surface area contributed by atoms with Crippen LogP contribution in [-0.4, -0.2) is 36.7 Å². The van der Waals surface area contributed by atoms with Gasteiger partial charge in [-0.25, -0.2) is 13.4 Å². The number of thiazole rings is 1. The highest BCUT2D eigenvalue weighted by Gasteiger charge is 2.27. The third kappa shape index (κ3) is 4.20. The van der Waals surface area contributed by atoms with Gasteiger partial charge in [0, 0.05) is 34.6 Å². The van der Waals surface area contributed by atoms with E-state index in [-0.39, 0.29) is 10.5 Å². The molecule has 1 aromatic heterocycles. The van der Waals surface area contributed by atoms with Gasteiger partial charge >= 0.3 is 0 Å². The summed E-state index contributed by atoms with van der Waals surface area (Å²) < 4.78 is 26.9. The van der Waals surface area contributed by atoms with Crippen molar-refractivity contribution in [2.75, 3.05) is 18.4 Å². The molecule has 4 rings (SSSR count). The van der Waals surface area contributed by atoms with E-state index in [2.05, 4.69) is 10.3 Å². The van der Waals surface area contributed by atoms with Crippen LogP contribution in [0.15, 0.2) is 58.8 Å². The molecule has 150 valence electrons. The fourth-order valence-electron chi connectivity index (χ4n) is 3.17. The normalized spacial score (nSPS) is 14.8. The zero-order chi connectivity index (χ0) is 20.4. The standard InChI is InChI=1S/C20H18ClN3O3S2/c21-17-9-2-1-8-16(17)18-13-28-20(22-18)23-19(25)14-6-5-7-15(12-14)29(26,27)24-10-3-4-11-24/h1-2,5-9,12-13H,3-4,10-11H2,(H,22,23,25). The second kappa shape index (κ2) is 8.23. The minimum absolute atomic E-state index is 0.128. The molecule has 0 bridgehead atoms. The largest absolute Gasteiger partial charge is 0.298 e. The molecule has 2 heterocycles. The molecular formula is C20H18ClN3O3S2. The first-order valence-electron chi connectivity index (χ1n) is 9.07. The number of benzene rings is 2. The molecule has 1 N–H and O–H groups in total. The Morgan fingerprint density at radius 2 is 1.86 bits per heavy atom. The predicted molar refractivity (Wildman–Crippen MR) is 115 cm³/mol. The van der Waals surface area contributed by atoms with Gasteiger partial charge in [0.2, 0.25) is 10.0 Å². The first kappa shape index (κ1) is 20.0. The molecule has 0 atom stereocenters. The Morgan fingerprint density at radius 3 is 2.62 bits per heavy atom. The van der Waals surface area contributed by atoms with Crippen LogP contribution in [0.2, 0.25) is 5.02 Å². The van der Waals surface area contributed by atoms with Crippen molar-refractivity contribution in [1.29, 1.82) is 0 Å². The Hall–Kier alpha value is -2.26.